The number of nitrogens with zero attached hydrogens (tertiary/aromatic N) is 4. The summed E-state index contributed by atoms with van der Waals surface area (Å²) in [5.41, 5.74) is 0.817. The van der Waals surface area contributed by atoms with Gasteiger partial charge in [-0.1, -0.05) is 23.5 Å². The zero-order valence-corrected chi connectivity index (χ0v) is 13.9. The zero-order chi connectivity index (χ0) is 16.2. The molecule has 0 aliphatic carbocycles. The van der Waals surface area contributed by atoms with Crippen molar-refractivity contribution in [1.82, 2.24) is 15.1 Å². The maximum atomic E-state index is 12.5. The van der Waals surface area contributed by atoms with Crippen LogP contribution < -0.4 is 14.4 Å². The normalized spacial score (nSPS) is 15.7. The van der Waals surface area contributed by atoms with Crippen molar-refractivity contribution in [2.45, 2.75) is 6.54 Å². The lowest BCUT2D eigenvalue weighted by atomic mass is 10.2. The molecular weight excluding hydrogens is 316 g/mol. The van der Waals surface area contributed by atoms with Gasteiger partial charge in [0.1, 0.15) is 10.8 Å². The van der Waals surface area contributed by atoms with E-state index in [1.165, 1.54) is 11.3 Å². The van der Waals surface area contributed by atoms with Crippen molar-refractivity contribution in [2.75, 3.05) is 38.8 Å². The smallest absolute Gasteiger partial charge is 0.293 e. The molecule has 1 aromatic heterocycles. The number of benzene rings is 1. The summed E-state index contributed by atoms with van der Waals surface area (Å²) < 4.78 is 10.4. The number of hydrogen-bond acceptors (Lipinski definition) is 7. The highest BCUT2D eigenvalue weighted by Gasteiger charge is 2.27. The summed E-state index contributed by atoms with van der Waals surface area (Å²) >= 11 is 1.40. The summed E-state index contributed by atoms with van der Waals surface area (Å²) in [6.07, 6.45) is 0. The average molecular weight is 334 g/mol. The lowest BCUT2D eigenvalue weighted by Crippen LogP contribution is -2.50. The molecule has 0 unspecified atom stereocenters. The molecule has 0 saturated carbocycles. The predicted octanol–water partition coefficient (Wildman–Crippen LogP) is 1.40. The first-order valence-electron chi connectivity index (χ1n) is 7.23. The number of carbonyl (C=O) groups excluding carboxylic acids is 1. The zero-order valence-electron chi connectivity index (χ0n) is 13.1. The van der Waals surface area contributed by atoms with E-state index in [-0.39, 0.29) is 5.91 Å². The number of piperazine rings is 1. The number of aromatic nitrogens is 2. The number of rotatable bonds is 5. The third kappa shape index (κ3) is 3.43. The van der Waals surface area contributed by atoms with Crippen molar-refractivity contribution in [2.24, 2.45) is 0 Å². The van der Waals surface area contributed by atoms with E-state index in [0.29, 0.717) is 30.6 Å². The van der Waals surface area contributed by atoms with E-state index in [0.717, 1.165) is 17.2 Å². The van der Waals surface area contributed by atoms with E-state index in [1.807, 2.05) is 24.3 Å². The van der Waals surface area contributed by atoms with Crippen molar-refractivity contribution in [3.05, 3.63) is 29.3 Å². The van der Waals surface area contributed by atoms with Gasteiger partial charge in [-0.25, -0.2) is 0 Å². The van der Waals surface area contributed by atoms with E-state index in [4.69, 9.17) is 9.47 Å². The Balaban J connectivity index is 1.66. The molecule has 2 aromatic rings. The summed E-state index contributed by atoms with van der Waals surface area (Å²) in [5, 5.41) is 9.37. The first-order chi connectivity index (χ1) is 11.2. The van der Waals surface area contributed by atoms with Crippen molar-refractivity contribution < 1.29 is 14.3 Å². The molecule has 0 bridgehead atoms. The van der Waals surface area contributed by atoms with E-state index in [1.54, 1.807) is 19.1 Å². The Hall–Kier alpha value is -2.19. The maximum absolute atomic E-state index is 12.5. The van der Waals surface area contributed by atoms with Crippen LogP contribution in [0.3, 0.4) is 0 Å². The third-order valence-electron chi connectivity index (χ3n) is 3.66. The van der Waals surface area contributed by atoms with Gasteiger partial charge in [-0.05, 0) is 12.1 Å². The van der Waals surface area contributed by atoms with Crippen LogP contribution in [0.15, 0.2) is 24.3 Å². The molecule has 23 heavy (non-hydrogen) atoms. The van der Waals surface area contributed by atoms with Gasteiger partial charge in [-0.3, -0.25) is 9.69 Å². The Morgan fingerprint density at radius 3 is 2.70 bits per heavy atom. The summed E-state index contributed by atoms with van der Waals surface area (Å²) in [4.78, 5) is 16.3. The number of para-hydroxylation sites is 2. The predicted molar refractivity (Wildman–Crippen MR) is 87.1 cm³/mol. The third-order valence-corrected chi connectivity index (χ3v) is 4.53. The molecule has 1 amide bonds. The second-order valence-electron chi connectivity index (χ2n) is 5.09. The standard InChI is InChI=1S/C15H18N4O3S/c1-21-12-6-4-3-5-11(12)19-8-7-18(10-14(19)20)9-13-16-17-15(22-2)23-13/h3-6H,7-10H2,1-2H3. The molecule has 1 aliphatic heterocycles. The molecular formula is C15H18N4O3S. The monoisotopic (exact) mass is 334 g/mol. The highest BCUT2D eigenvalue weighted by Crippen LogP contribution is 2.29. The highest BCUT2D eigenvalue weighted by molar-refractivity contribution is 7.13. The first kappa shape index (κ1) is 15.7. The number of ether oxygens (including phenoxy) is 2. The average Bonchev–Trinajstić information content (AvgIpc) is 3.03. The van der Waals surface area contributed by atoms with Crippen LogP contribution in [0, 0.1) is 0 Å². The summed E-state index contributed by atoms with van der Waals surface area (Å²) in [5.74, 6) is 0.764. The van der Waals surface area contributed by atoms with Gasteiger partial charge in [0.05, 0.1) is 33.0 Å². The van der Waals surface area contributed by atoms with E-state index in [2.05, 4.69) is 15.1 Å². The largest absolute Gasteiger partial charge is 0.495 e. The van der Waals surface area contributed by atoms with Gasteiger partial charge in [0, 0.05) is 13.1 Å². The molecule has 0 spiro atoms. The molecule has 1 aromatic carbocycles. The second kappa shape index (κ2) is 6.93. The molecule has 2 heterocycles. The maximum Gasteiger partial charge on any atom is 0.293 e. The van der Waals surface area contributed by atoms with Gasteiger partial charge in [0.2, 0.25) is 5.91 Å². The number of hydrogen-bond donors (Lipinski definition) is 0. The molecule has 0 radical (unpaired) electrons. The van der Waals surface area contributed by atoms with Crippen molar-refractivity contribution in [1.29, 1.82) is 0 Å². The lowest BCUT2D eigenvalue weighted by Gasteiger charge is -2.34. The lowest BCUT2D eigenvalue weighted by molar-refractivity contribution is -0.121. The van der Waals surface area contributed by atoms with Crippen LogP contribution in [0.2, 0.25) is 0 Å². The minimum Gasteiger partial charge on any atom is -0.495 e. The van der Waals surface area contributed by atoms with Crippen molar-refractivity contribution >= 4 is 22.9 Å². The van der Waals surface area contributed by atoms with Crippen LogP contribution in [0.4, 0.5) is 5.69 Å². The van der Waals surface area contributed by atoms with Crippen LogP contribution in [0.1, 0.15) is 5.01 Å². The Kier molecular flexibility index (Phi) is 4.73. The van der Waals surface area contributed by atoms with Gasteiger partial charge in [-0.15, -0.1) is 10.2 Å². The van der Waals surface area contributed by atoms with Crippen LogP contribution in [0.5, 0.6) is 10.9 Å². The summed E-state index contributed by atoms with van der Waals surface area (Å²) in [6, 6.07) is 7.57. The topological polar surface area (TPSA) is 67.8 Å². The molecule has 0 N–H and O–H groups in total. The Bertz CT molecular complexity index is 691. The summed E-state index contributed by atoms with van der Waals surface area (Å²) in [7, 11) is 3.18. The highest BCUT2D eigenvalue weighted by atomic mass is 32.1. The van der Waals surface area contributed by atoms with Gasteiger partial charge in [0.25, 0.3) is 5.19 Å². The number of anilines is 1. The van der Waals surface area contributed by atoms with Gasteiger partial charge in [-0.2, -0.15) is 0 Å². The first-order valence-corrected chi connectivity index (χ1v) is 8.05. The van der Waals surface area contributed by atoms with Crippen LogP contribution in [-0.4, -0.2) is 54.9 Å². The fourth-order valence-corrected chi connectivity index (χ4v) is 3.24. The molecule has 8 heteroatoms. The number of methoxy groups -OCH3 is 2. The second-order valence-corrected chi connectivity index (χ2v) is 6.12. The minimum absolute atomic E-state index is 0.0530. The molecule has 122 valence electrons. The van der Waals surface area contributed by atoms with Gasteiger partial charge >= 0.3 is 0 Å². The van der Waals surface area contributed by atoms with E-state index >= 15 is 0 Å². The van der Waals surface area contributed by atoms with Crippen LogP contribution >= 0.6 is 11.3 Å². The fourth-order valence-electron chi connectivity index (χ4n) is 2.54. The minimum atomic E-state index is 0.0530. The van der Waals surface area contributed by atoms with Gasteiger partial charge in [0.15, 0.2) is 0 Å². The van der Waals surface area contributed by atoms with Crippen molar-refractivity contribution in [3.63, 3.8) is 0 Å². The van der Waals surface area contributed by atoms with E-state index < -0.39 is 0 Å². The molecule has 0 atom stereocenters. The molecule has 7 nitrogen and oxygen atoms in total. The van der Waals surface area contributed by atoms with E-state index in [9.17, 15) is 4.79 Å². The molecule has 1 fully saturated rings. The van der Waals surface area contributed by atoms with Crippen LogP contribution in [0.25, 0.3) is 0 Å². The quantitative estimate of drug-likeness (QED) is 0.823. The number of carbonyl (C=O) groups is 1. The molecule has 3 rings (SSSR count). The fraction of sp³-hybridized carbons (Fsp3) is 0.400. The summed E-state index contributed by atoms with van der Waals surface area (Å²) in [6.45, 7) is 2.34. The Morgan fingerprint density at radius 1 is 1.17 bits per heavy atom. The van der Waals surface area contributed by atoms with Crippen molar-refractivity contribution in [3.8, 4) is 10.9 Å². The SMILES string of the molecule is COc1nnc(CN2CCN(c3ccccc3OC)C(=O)C2)s1. The van der Waals surface area contributed by atoms with Gasteiger partial charge < -0.3 is 14.4 Å². The number of amides is 1. The Labute approximate surface area is 138 Å². The van der Waals surface area contributed by atoms with Crippen LogP contribution in [-0.2, 0) is 11.3 Å². The molecule has 1 saturated heterocycles. The Morgan fingerprint density at radius 2 is 2.00 bits per heavy atom. The molecule has 1 aliphatic rings.